The second kappa shape index (κ2) is 10.7. The fourth-order valence-corrected chi connectivity index (χ4v) is 6.02. The van der Waals surface area contributed by atoms with E-state index in [1.54, 1.807) is 20.8 Å². The van der Waals surface area contributed by atoms with E-state index in [2.05, 4.69) is 20.0 Å². The summed E-state index contributed by atoms with van der Waals surface area (Å²) in [5, 5.41) is 14.0. The third kappa shape index (κ3) is 5.30. The Hall–Kier alpha value is -3.52. The minimum atomic E-state index is -2.87. The largest absolute Gasteiger partial charge is 0.465 e. The van der Waals surface area contributed by atoms with E-state index in [1.165, 1.54) is 11.8 Å². The Bertz CT molecular complexity index is 1450. The van der Waals surface area contributed by atoms with Gasteiger partial charge >= 0.3 is 12.6 Å². The average molecular weight is 580 g/mol. The molecule has 2 aliphatic rings. The Kier molecular flexibility index (Phi) is 7.57. The number of fused-ring (bicyclic) bond motifs is 1. The number of aryl methyl sites for hydroxylation is 1. The first-order valence-electron chi connectivity index (χ1n) is 13.4. The van der Waals surface area contributed by atoms with Gasteiger partial charge in [-0.25, -0.2) is 23.5 Å². The first-order chi connectivity index (χ1) is 19.3. The molecule has 1 N–H and O–H groups in total. The van der Waals surface area contributed by atoms with Crippen LogP contribution in [0.25, 0.3) is 11.6 Å². The molecule has 222 valence electrons. The van der Waals surface area contributed by atoms with Crippen molar-refractivity contribution >= 4 is 6.09 Å². The van der Waals surface area contributed by atoms with Crippen molar-refractivity contribution in [2.75, 3.05) is 6.61 Å². The molecule has 2 aromatic heterocycles. The van der Waals surface area contributed by atoms with Crippen LogP contribution in [0, 0.1) is 18.6 Å². The van der Waals surface area contributed by atoms with Crippen molar-refractivity contribution in [3.05, 3.63) is 52.6 Å². The van der Waals surface area contributed by atoms with Crippen LogP contribution in [0.2, 0.25) is 0 Å². The fourth-order valence-electron chi connectivity index (χ4n) is 6.02. The number of aromatic nitrogens is 5. The van der Waals surface area contributed by atoms with Crippen LogP contribution >= 0.6 is 0 Å². The van der Waals surface area contributed by atoms with Crippen LogP contribution in [0.5, 0.6) is 0 Å². The summed E-state index contributed by atoms with van der Waals surface area (Å²) in [7, 11) is 0. The second-order valence-corrected chi connectivity index (χ2v) is 11.4. The number of nitrogens with zero attached hydrogens (tertiary/aromatic N) is 7. The van der Waals surface area contributed by atoms with E-state index in [-0.39, 0.29) is 29.9 Å². The van der Waals surface area contributed by atoms with Gasteiger partial charge in [0.1, 0.15) is 23.6 Å². The minimum Gasteiger partial charge on any atom is -0.465 e. The predicted octanol–water partition coefficient (Wildman–Crippen LogP) is 5.14. The van der Waals surface area contributed by atoms with Gasteiger partial charge in [-0.15, -0.1) is 0 Å². The maximum Gasteiger partial charge on any atom is 0.408 e. The molecule has 1 amide bonds. The predicted molar refractivity (Wildman–Crippen MR) is 139 cm³/mol. The molecule has 0 radical (unpaired) electrons. The highest BCUT2D eigenvalue weighted by molar-refractivity contribution is 5.66. The molecule has 0 aliphatic carbocycles. The monoisotopic (exact) mass is 579 g/mol. The molecule has 3 atom stereocenters. The zero-order valence-corrected chi connectivity index (χ0v) is 23.5. The highest BCUT2D eigenvalue weighted by Gasteiger charge is 2.46. The van der Waals surface area contributed by atoms with Gasteiger partial charge in [0.25, 0.3) is 0 Å². The molecular weight excluding hydrogens is 546 g/mol. The molecular formula is C27H33F4N7O3. The van der Waals surface area contributed by atoms with Crippen molar-refractivity contribution in [1.29, 1.82) is 0 Å². The molecule has 1 saturated heterocycles. The summed E-state index contributed by atoms with van der Waals surface area (Å²) in [6, 6.07) is 1.99. The molecule has 0 bridgehead atoms. The van der Waals surface area contributed by atoms with Crippen LogP contribution in [0.1, 0.15) is 69.5 Å². The third-order valence-corrected chi connectivity index (χ3v) is 7.67. The number of halogens is 4. The van der Waals surface area contributed by atoms with Crippen LogP contribution in [-0.4, -0.2) is 69.5 Å². The Morgan fingerprint density at radius 1 is 1.20 bits per heavy atom. The topological polar surface area (TPSA) is 102 Å². The Morgan fingerprint density at radius 2 is 1.93 bits per heavy atom. The number of alkyl halides is 2. The van der Waals surface area contributed by atoms with Crippen molar-refractivity contribution in [2.24, 2.45) is 0 Å². The first-order valence-corrected chi connectivity index (χ1v) is 13.4. The number of rotatable bonds is 6. The van der Waals surface area contributed by atoms with Gasteiger partial charge in [0.05, 0.1) is 24.0 Å². The maximum atomic E-state index is 14.9. The molecule has 4 heterocycles. The maximum absolute atomic E-state index is 14.9. The van der Waals surface area contributed by atoms with Gasteiger partial charge in [-0.05, 0) is 59.2 Å². The lowest BCUT2D eigenvalue weighted by molar-refractivity contribution is -0.103. The molecule has 10 nitrogen and oxygen atoms in total. The summed E-state index contributed by atoms with van der Waals surface area (Å²) in [5.74, 6) is -0.807. The normalized spacial score (nSPS) is 21.5. The lowest BCUT2D eigenvalue weighted by Gasteiger charge is -2.48. The van der Waals surface area contributed by atoms with E-state index >= 15 is 0 Å². The van der Waals surface area contributed by atoms with E-state index in [4.69, 9.17) is 4.74 Å². The summed E-state index contributed by atoms with van der Waals surface area (Å²) in [6.45, 7) is 7.18. The van der Waals surface area contributed by atoms with E-state index in [9.17, 15) is 27.5 Å². The number of carbonyl (C=O) groups is 1. The number of benzene rings is 1. The van der Waals surface area contributed by atoms with Crippen LogP contribution in [0.15, 0.2) is 18.2 Å². The van der Waals surface area contributed by atoms with E-state index in [1.807, 2.05) is 11.5 Å². The summed E-state index contributed by atoms with van der Waals surface area (Å²) >= 11 is 0. The molecule has 0 spiro atoms. The smallest absolute Gasteiger partial charge is 0.408 e. The lowest BCUT2D eigenvalue weighted by atomic mass is 9.88. The van der Waals surface area contributed by atoms with Gasteiger partial charge in [-0.2, -0.15) is 18.6 Å². The summed E-state index contributed by atoms with van der Waals surface area (Å²) in [6.07, 6.45) is -1.91. The summed E-state index contributed by atoms with van der Waals surface area (Å²) in [5.41, 5.74) is 0.649. The number of ether oxygens (including phenoxy) is 1. The first kappa shape index (κ1) is 29.0. The highest BCUT2D eigenvalue weighted by atomic mass is 19.3. The van der Waals surface area contributed by atoms with Crippen LogP contribution < -0.4 is 0 Å². The van der Waals surface area contributed by atoms with Gasteiger partial charge in [0.2, 0.25) is 0 Å². The molecule has 2 aliphatic heterocycles. The molecule has 41 heavy (non-hydrogen) atoms. The standard InChI is InChI=1S/C27H33F4N7O3/c1-6-36-21-12-35(11-19(21)33-23(36)24-32-14(2)34-38(24)25(30)31)16-10-20(37(26(39)40)27(3,4)5)22(41-13-16)17-9-15(28)7-8-18(17)29/h7-9,16,20,22,25H,6,10-13H2,1-5H3,(H,39,40)/t16-,20+,22-/m1/s1. The Morgan fingerprint density at radius 3 is 2.56 bits per heavy atom. The molecule has 14 heteroatoms. The van der Waals surface area contributed by atoms with E-state index < -0.39 is 42.0 Å². The van der Waals surface area contributed by atoms with Crippen LogP contribution in [0.3, 0.4) is 0 Å². The van der Waals surface area contributed by atoms with Gasteiger partial charge in [0, 0.05) is 36.8 Å². The van der Waals surface area contributed by atoms with Gasteiger partial charge < -0.3 is 14.4 Å². The third-order valence-electron chi connectivity index (χ3n) is 7.67. The summed E-state index contributed by atoms with van der Waals surface area (Å²) in [4.78, 5) is 24.7. The number of imidazole rings is 1. The van der Waals surface area contributed by atoms with E-state index in [0.717, 1.165) is 23.9 Å². The van der Waals surface area contributed by atoms with Crippen molar-refractivity contribution in [1.82, 2.24) is 34.1 Å². The number of hydrogen-bond donors (Lipinski definition) is 1. The zero-order valence-electron chi connectivity index (χ0n) is 23.5. The van der Waals surface area contributed by atoms with Crippen LogP contribution in [-0.2, 0) is 24.4 Å². The van der Waals surface area contributed by atoms with E-state index in [0.29, 0.717) is 42.3 Å². The molecule has 0 saturated carbocycles. The highest BCUT2D eigenvalue weighted by Crippen LogP contribution is 2.40. The lowest BCUT2D eigenvalue weighted by Crippen LogP contribution is -2.58. The second-order valence-electron chi connectivity index (χ2n) is 11.4. The summed E-state index contributed by atoms with van der Waals surface area (Å²) < 4.78 is 64.8. The quantitative estimate of drug-likeness (QED) is 0.404. The SMILES string of the molecule is CCn1c(-c2nc(C)nn2C(F)F)nc2c1CN([C@H]1CO[C@H](c3cc(F)ccc3F)[C@@H](N(C(=O)O)C(C)(C)C)C1)C2. The molecule has 3 aromatic rings. The van der Waals surface area contributed by atoms with Gasteiger partial charge in [-0.1, -0.05) is 0 Å². The Labute approximate surface area is 234 Å². The average Bonchev–Trinajstić information content (AvgIpc) is 3.56. The molecule has 5 rings (SSSR count). The zero-order chi connectivity index (χ0) is 29.8. The Balaban J connectivity index is 1.45. The van der Waals surface area contributed by atoms with Crippen molar-refractivity contribution < 1.29 is 32.2 Å². The van der Waals surface area contributed by atoms with Crippen molar-refractivity contribution in [3.63, 3.8) is 0 Å². The number of amides is 1. The fraction of sp³-hybridized carbons (Fsp3) is 0.556. The van der Waals surface area contributed by atoms with Gasteiger partial charge in [0.15, 0.2) is 11.6 Å². The number of carboxylic acid groups (broad SMARTS) is 1. The molecule has 0 unspecified atom stereocenters. The molecule has 1 fully saturated rings. The minimum absolute atomic E-state index is 0.0106. The van der Waals surface area contributed by atoms with Gasteiger partial charge in [-0.3, -0.25) is 9.80 Å². The van der Waals surface area contributed by atoms with Crippen LogP contribution in [0.4, 0.5) is 22.4 Å². The van der Waals surface area contributed by atoms with Crippen molar-refractivity contribution in [2.45, 2.75) is 90.9 Å². The number of hydrogen-bond acceptors (Lipinski definition) is 6. The van der Waals surface area contributed by atoms with Crippen molar-refractivity contribution in [3.8, 4) is 11.6 Å². The molecule has 1 aromatic carbocycles.